The Hall–Kier alpha value is -1.60. The van der Waals surface area contributed by atoms with Crippen LogP contribution in [0.1, 0.15) is 17.2 Å². The molecule has 0 saturated carbocycles. The van der Waals surface area contributed by atoms with Crippen molar-refractivity contribution in [2.75, 3.05) is 14.1 Å². The normalized spacial score (nSPS) is 11.0. The predicted molar refractivity (Wildman–Crippen MR) is 68.4 cm³/mol. The van der Waals surface area contributed by atoms with E-state index < -0.39 is 0 Å². The average Bonchev–Trinajstić information content (AvgIpc) is 2.31. The Morgan fingerprint density at radius 2 is 1.06 bits per heavy atom. The Morgan fingerprint density at radius 1 is 0.688 bits per heavy atom. The molecule has 0 fully saturated rings. The zero-order chi connectivity index (χ0) is 11.4. The summed E-state index contributed by atoms with van der Waals surface area (Å²) in [5.41, 5.74) is 2.66. The molecular formula is C15H17N. The molecular weight excluding hydrogens is 194 g/mol. The van der Waals surface area contributed by atoms with Crippen LogP contribution in [0.2, 0.25) is 0 Å². The molecule has 82 valence electrons. The van der Waals surface area contributed by atoms with Crippen LogP contribution in [0, 0.1) is 0 Å². The van der Waals surface area contributed by atoms with Crippen LogP contribution in [0.15, 0.2) is 60.7 Å². The summed E-state index contributed by atoms with van der Waals surface area (Å²) in [6, 6.07) is 21.5. The van der Waals surface area contributed by atoms with Crippen molar-refractivity contribution in [1.29, 1.82) is 0 Å². The van der Waals surface area contributed by atoms with Crippen LogP contribution >= 0.6 is 0 Å². The summed E-state index contributed by atoms with van der Waals surface area (Å²) in [7, 11) is 4.23. The molecule has 0 aliphatic carbocycles. The number of hydrogen-bond donors (Lipinski definition) is 0. The van der Waals surface area contributed by atoms with Crippen LogP contribution in [0.5, 0.6) is 0 Å². The summed E-state index contributed by atoms with van der Waals surface area (Å²) in [5, 5.41) is 0. The van der Waals surface area contributed by atoms with Gasteiger partial charge in [0.15, 0.2) is 0 Å². The van der Waals surface area contributed by atoms with Crippen molar-refractivity contribution in [1.82, 2.24) is 4.90 Å². The molecule has 2 rings (SSSR count). The van der Waals surface area contributed by atoms with Crippen LogP contribution in [-0.4, -0.2) is 19.0 Å². The lowest BCUT2D eigenvalue weighted by molar-refractivity contribution is 0.342. The fourth-order valence-corrected chi connectivity index (χ4v) is 2.06. The van der Waals surface area contributed by atoms with E-state index in [0.717, 1.165) is 0 Å². The first-order chi connectivity index (χ1) is 7.79. The SMILES string of the molecule is CN(C)C(c1ccccc1)c1ccccc1. The number of hydrogen-bond acceptors (Lipinski definition) is 1. The Balaban J connectivity index is 2.40. The van der Waals surface area contributed by atoms with Gasteiger partial charge in [-0.05, 0) is 25.2 Å². The van der Waals surface area contributed by atoms with Crippen molar-refractivity contribution in [2.45, 2.75) is 6.04 Å². The van der Waals surface area contributed by atoms with Gasteiger partial charge in [0.25, 0.3) is 0 Å². The number of benzene rings is 2. The first-order valence-corrected chi connectivity index (χ1v) is 5.55. The summed E-state index contributed by atoms with van der Waals surface area (Å²) in [6.45, 7) is 0. The van der Waals surface area contributed by atoms with Gasteiger partial charge in [-0.15, -0.1) is 0 Å². The Bertz CT molecular complexity index is 380. The second-order valence-electron chi connectivity index (χ2n) is 4.19. The lowest BCUT2D eigenvalue weighted by Gasteiger charge is -2.25. The van der Waals surface area contributed by atoms with E-state index >= 15 is 0 Å². The third-order valence-electron chi connectivity index (χ3n) is 2.75. The van der Waals surface area contributed by atoms with Gasteiger partial charge >= 0.3 is 0 Å². The van der Waals surface area contributed by atoms with Gasteiger partial charge in [-0.25, -0.2) is 0 Å². The summed E-state index contributed by atoms with van der Waals surface area (Å²) in [6.07, 6.45) is 0. The minimum absolute atomic E-state index is 0.336. The Morgan fingerprint density at radius 3 is 1.38 bits per heavy atom. The quantitative estimate of drug-likeness (QED) is 0.752. The number of nitrogens with zero attached hydrogens (tertiary/aromatic N) is 1. The van der Waals surface area contributed by atoms with Crippen LogP contribution in [0.25, 0.3) is 0 Å². The first kappa shape index (κ1) is 10.9. The van der Waals surface area contributed by atoms with Gasteiger partial charge in [0.05, 0.1) is 6.04 Å². The molecule has 0 heterocycles. The van der Waals surface area contributed by atoms with Gasteiger partial charge in [-0.1, -0.05) is 60.7 Å². The molecule has 0 saturated heterocycles. The second-order valence-corrected chi connectivity index (χ2v) is 4.19. The van der Waals surface area contributed by atoms with Crippen molar-refractivity contribution in [3.63, 3.8) is 0 Å². The van der Waals surface area contributed by atoms with E-state index in [4.69, 9.17) is 0 Å². The van der Waals surface area contributed by atoms with Crippen molar-refractivity contribution in [2.24, 2.45) is 0 Å². The largest absolute Gasteiger partial charge is 0.299 e. The van der Waals surface area contributed by atoms with Crippen molar-refractivity contribution in [3.8, 4) is 0 Å². The maximum Gasteiger partial charge on any atom is 0.0596 e. The summed E-state index contributed by atoms with van der Waals surface area (Å²) in [5.74, 6) is 0. The van der Waals surface area contributed by atoms with Gasteiger partial charge in [-0.2, -0.15) is 0 Å². The van der Waals surface area contributed by atoms with Crippen molar-refractivity contribution >= 4 is 0 Å². The minimum atomic E-state index is 0.336. The fourth-order valence-electron chi connectivity index (χ4n) is 2.06. The minimum Gasteiger partial charge on any atom is -0.299 e. The van der Waals surface area contributed by atoms with Gasteiger partial charge in [0.2, 0.25) is 0 Å². The highest BCUT2D eigenvalue weighted by molar-refractivity contribution is 5.31. The van der Waals surface area contributed by atoms with Crippen LogP contribution in [-0.2, 0) is 0 Å². The molecule has 2 aromatic rings. The van der Waals surface area contributed by atoms with Crippen LogP contribution < -0.4 is 0 Å². The van der Waals surface area contributed by atoms with E-state index in [9.17, 15) is 0 Å². The molecule has 1 nitrogen and oxygen atoms in total. The van der Waals surface area contributed by atoms with E-state index in [1.165, 1.54) is 11.1 Å². The lowest BCUT2D eigenvalue weighted by atomic mass is 9.98. The van der Waals surface area contributed by atoms with Gasteiger partial charge < -0.3 is 0 Å². The monoisotopic (exact) mass is 211 g/mol. The zero-order valence-corrected chi connectivity index (χ0v) is 9.80. The zero-order valence-electron chi connectivity index (χ0n) is 9.80. The summed E-state index contributed by atoms with van der Waals surface area (Å²) in [4.78, 5) is 2.24. The number of rotatable bonds is 3. The lowest BCUT2D eigenvalue weighted by Crippen LogP contribution is -2.20. The molecule has 0 spiro atoms. The molecule has 0 aromatic heterocycles. The van der Waals surface area contributed by atoms with Crippen molar-refractivity contribution < 1.29 is 0 Å². The molecule has 0 atom stereocenters. The highest BCUT2D eigenvalue weighted by atomic mass is 15.1. The Labute approximate surface area is 97.3 Å². The molecule has 0 aliphatic rings. The molecule has 0 amide bonds. The van der Waals surface area contributed by atoms with E-state index in [-0.39, 0.29) is 0 Å². The molecule has 1 heteroatoms. The predicted octanol–water partition coefficient (Wildman–Crippen LogP) is 3.34. The van der Waals surface area contributed by atoms with Crippen LogP contribution in [0.4, 0.5) is 0 Å². The highest BCUT2D eigenvalue weighted by Gasteiger charge is 2.15. The molecule has 0 aliphatic heterocycles. The smallest absolute Gasteiger partial charge is 0.0596 e. The van der Waals surface area contributed by atoms with E-state index in [2.05, 4.69) is 79.7 Å². The van der Waals surface area contributed by atoms with E-state index in [1.54, 1.807) is 0 Å². The molecule has 2 aromatic carbocycles. The van der Waals surface area contributed by atoms with Crippen molar-refractivity contribution in [3.05, 3.63) is 71.8 Å². The topological polar surface area (TPSA) is 3.24 Å². The first-order valence-electron chi connectivity index (χ1n) is 5.55. The van der Waals surface area contributed by atoms with Gasteiger partial charge in [0.1, 0.15) is 0 Å². The standard InChI is InChI=1S/C15H17N/c1-16(2)15(13-9-5-3-6-10-13)14-11-7-4-8-12-14/h3-12,15H,1-2H3. The van der Waals surface area contributed by atoms with Crippen LogP contribution in [0.3, 0.4) is 0 Å². The highest BCUT2D eigenvalue weighted by Crippen LogP contribution is 2.25. The molecule has 0 N–H and O–H groups in total. The molecule has 0 unspecified atom stereocenters. The Kier molecular flexibility index (Phi) is 3.37. The maximum atomic E-state index is 2.24. The molecule has 0 radical (unpaired) electrons. The molecule has 16 heavy (non-hydrogen) atoms. The van der Waals surface area contributed by atoms with E-state index in [1.807, 2.05) is 0 Å². The van der Waals surface area contributed by atoms with E-state index in [0.29, 0.717) is 6.04 Å². The summed E-state index contributed by atoms with van der Waals surface area (Å²) < 4.78 is 0. The maximum absolute atomic E-state index is 2.24. The van der Waals surface area contributed by atoms with Gasteiger partial charge in [0, 0.05) is 0 Å². The molecule has 0 bridgehead atoms. The second kappa shape index (κ2) is 4.95. The fraction of sp³-hybridized carbons (Fsp3) is 0.200. The third kappa shape index (κ3) is 2.31. The summed E-state index contributed by atoms with van der Waals surface area (Å²) >= 11 is 0. The average molecular weight is 211 g/mol. The third-order valence-corrected chi connectivity index (χ3v) is 2.75. The van der Waals surface area contributed by atoms with Gasteiger partial charge in [-0.3, -0.25) is 4.90 Å².